The summed E-state index contributed by atoms with van der Waals surface area (Å²) in [7, 11) is 0. The number of rotatable bonds is 5. The smallest absolute Gasteiger partial charge is 0.254 e. The molecule has 1 unspecified atom stereocenters. The average Bonchev–Trinajstić information content (AvgIpc) is 3.39. The van der Waals surface area contributed by atoms with E-state index in [1.165, 1.54) is 0 Å². The third-order valence-corrected chi connectivity index (χ3v) is 6.22. The van der Waals surface area contributed by atoms with Crippen LogP contribution in [0.5, 0.6) is 0 Å². The second kappa shape index (κ2) is 7.91. The van der Waals surface area contributed by atoms with Crippen molar-refractivity contribution in [3.63, 3.8) is 0 Å². The second-order valence-electron chi connectivity index (χ2n) is 8.08. The van der Waals surface area contributed by atoms with Crippen LogP contribution >= 0.6 is 0 Å². The molecule has 5 rings (SSSR count). The molecule has 2 fully saturated rings. The minimum absolute atomic E-state index is 0.0638. The number of hydrogen-bond acceptors (Lipinski definition) is 4. The van der Waals surface area contributed by atoms with E-state index in [-0.39, 0.29) is 30.4 Å². The molecule has 2 amide bonds. The molecule has 7 heteroatoms. The maximum atomic E-state index is 13.0. The fourth-order valence-electron chi connectivity index (χ4n) is 4.61. The van der Waals surface area contributed by atoms with Gasteiger partial charge in [-0.2, -0.15) is 5.10 Å². The number of nitrogens with one attached hydrogen (secondary N) is 1. The van der Waals surface area contributed by atoms with E-state index in [1.54, 1.807) is 10.9 Å². The molecule has 2 saturated heterocycles. The van der Waals surface area contributed by atoms with Crippen LogP contribution in [0.4, 0.5) is 0 Å². The molecule has 0 aliphatic carbocycles. The summed E-state index contributed by atoms with van der Waals surface area (Å²) in [4.78, 5) is 30.0. The van der Waals surface area contributed by atoms with Gasteiger partial charge in [-0.05, 0) is 24.6 Å². The molecule has 2 aliphatic heterocycles. The molecule has 3 aromatic rings. The third-order valence-electron chi connectivity index (χ3n) is 6.22. The Labute approximate surface area is 175 Å². The quantitative estimate of drug-likeness (QED) is 0.705. The lowest BCUT2D eigenvalue weighted by Crippen LogP contribution is -2.57. The molecule has 0 spiro atoms. The second-order valence-corrected chi connectivity index (χ2v) is 8.08. The van der Waals surface area contributed by atoms with Gasteiger partial charge < -0.3 is 10.2 Å². The van der Waals surface area contributed by atoms with E-state index in [1.807, 2.05) is 59.5 Å². The number of benzene rings is 2. The van der Waals surface area contributed by atoms with E-state index >= 15 is 0 Å². The molecule has 0 saturated carbocycles. The monoisotopic (exact) mass is 403 g/mol. The summed E-state index contributed by atoms with van der Waals surface area (Å²) in [5.41, 5.74) is 1.68. The van der Waals surface area contributed by atoms with Crippen molar-refractivity contribution in [3.05, 3.63) is 66.4 Å². The first kappa shape index (κ1) is 18.8. The van der Waals surface area contributed by atoms with Gasteiger partial charge in [0, 0.05) is 49.2 Å². The van der Waals surface area contributed by atoms with Crippen LogP contribution in [0.25, 0.3) is 10.9 Å². The highest BCUT2D eigenvalue weighted by atomic mass is 16.2. The third kappa shape index (κ3) is 3.57. The largest absolute Gasteiger partial charge is 0.353 e. The molecule has 2 aromatic carbocycles. The Morgan fingerprint density at radius 3 is 2.70 bits per heavy atom. The highest BCUT2D eigenvalue weighted by Gasteiger charge is 2.40. The molecule has 2 bridgehead atoms. The fraction of sp³-hybridized carbons (Fsp3) is 0.348. The Kier molecular flexibility index (Phi) is 4.96. The lowest BCUT2D eigenvalue weighted by Gasteiger charge is -2.40. The summed E-state index contributed by atoms with van der Waals surface area (Å²) in [6.45, 7) is 3.21. The Hall–Kier alpha value is -3.19. The van der Waals surface area contributed by atoms with Gasteiger partial charge in [0.1, 0.15) is 6.54 Å². The first-order valence-corrected chi connectivity index (χ1v) is 10.5. The standard InChI is InChI=1S/C23H25N5O2/c29-22(16-28-21-9-5-4-8-18(21)12-25-28)24-13-20-15-27(19-10-11-26(20)14-19)23(30)17-6-2-1-3-7-17/h1-9,12,19-20H,10-11,13-16H2,(H,24,29)/t19-,20-/m0/s1. The fourth-order valence-corrected chi connectivity index (χ4v) is 4.61. The van der Waals surface area contributed by atoms with E-state index < -0.39 is 0 Å². The Bertz CT molecular complexity index is 1060. The van der Waals surface area contributed by atoms with Crippen molar-refractivity contribution in [2.75, 3.05) is 26.2 Å². The van der Waals surface area contributed by atoms with Gasteiger partial charge in [0.15, 0.2) is 0 Å². The SMILES string of the molecule is O=C(Cn1ncc2ccccc21)NC[C@H]1CN(C(=O)c2ccccc2)[C@H]2CCN1C2. The minimum atomic E-state index is -0.0638. The predicted molar refractivity (Wildman–Crippen MR) is 114 cm³/mol. The van der Waals surface area contributed by atoms with Gasteiger partial charge in [0.25, 0.3) is 5.91 Å². The molecule has 7 nitrogen and oxygen atoms in total. The minimum Gasteiger partial charge on any atom is -0.353 e. The number of amides is 2. The van der Waals surface area contributed by atoms with Gasteiger partial charge in [0.05, 0.1) is 11.7 Å². The molecule has 3 atom stereocenters. The summed E-state index contributed by atoms with van der Waals surface area (Å²) >= 11 is 0. The predicted octanol–water partition coefficient (Wildman–Crippen LogP) is 1.75. The average molecular weight is 403 g/mol. The van der Waals surface area contributed by atoms with Gasteiger partial charge in [0.2, 0.25) is 5.91 Å². The molecule has 0 radical (unpaired) electrons. The van der Waals surface area contributed by atoms with Crippen LogP contribution in [0.2, 0.25) is 0 Å². The molecule has 3 heterocycles. The summed E-state index contributed by atoms with van der Waals surface area (Å²) in [5, 5.41) is 8.41. The van der Waals surface area contributed by atoms with Crippen LogP contribution in [0.15, 0.2) is 60.8 Å². The zero-order valence-corrected chi connectivity index (χ0v) is 16.8. The van der Waals surface area contributed by atoms with Crippen molar-refractivity contribution in [2.45, 2.75) is 25.0 Å². The topological polar surface area (TPSA) is 70.5 Å². The zero-order valence-electron chi connectivity index (χ0n) is 16.8. The van der Waals surface area contributed by atoms with Crippen LogP contribution in [0.1, 0.15) is 16.8 Å². The molecular weight excluding hydrogens is 378 g/mol. The number of para-hydroxylation sites is 1. The number of hydrogen-bond donors (Lipinski definition) is 1. The van der Waals surface area contributed by atoms with Gasteiger partial charge >= 0.3 is 0 Å². The Morgan fingerprint density at radius 1 is 1.03 bits per heavy atom. The van der Waals surface area contributed by atoms with Crippen LogP contribution in [-0.2, 0) is 11.3 Å². The molecule has 2 aliphatic rings. The number of fused-ring (bicyclic) bond motifs is 3. The lowest BCUT2D eigenvalue weighted by molar-refractivity contribution is -0.122. The van der Waals surface area contributed by atoms with Gasteiger partial charge in [-0.15, -0.1) is 0 Å². The molecule has 1 aromatic heterocycles. The van der Waals surface area contributed by atoms with Gasteiger partial charge in [-0.3, -0.25) is 19.2 Å². The van der Waals surface area contributed by atoms with E-state index in [9.17, 15) is 9.59 Å². The van der Waals surface area contributed by atoms with E-state index in [4.69, 9.17) is 0 Å². The van der Waals surface area contributed by atoms with Crippen molar-refractivity contribution in [1.29, 1.82) is 0 Å². The molecule has 30 heavy (non-hydrogen) atoms. The van der Waals surface area contributed by atoms with Crippen LogP contribution in [0, 0.1) is 0 Å². The lowest BCUT2D eigenvalue weighted by atomic mass is 10.1. The number of carbonyl (C=O) groups excluding carboxylic acids is 2. The highest BCUT2D eigenvalue weighted by molar-refractivity contribution is 5.94. The number of piperazine rings is 1. The van der Waals surface area contributed by atoms with Crippen LogP contribution in [-0.4, -0.2) is 69.7 Å². The zero-order chi connectivity index (χ0) is 20.5. The Balaban J connectivity index is 1.22. The van der Waals surface area contributed by atoms with Crippen molar-refractivity contribution in [2.24, 2.45) is 0 Å². The highest BCUT2D eigenvalue weighted by Crippen LogP contribution is 2.26. The number of nitrogens with zero attached hydrogens (tertiary/aromatic N) is 4. The summed E-state index contributed by atoms with van der Waals surface area (Å²) < 4.78 is 1.72. The molecule has 154 valence electrons. The molecule has 1 N–H and O–H groups in total. The first-order chi connectivity index (χ1) is 14.7. The summed E-state index contributed by atoms with van der Waals surface area (Å²) in [6, 6.07) is 17.7. The van der Waals surface area contributed by atoms with Crippen LogP contribution in [0.3, 0.4) is 0 Å². The Morgan fingerprint density at radius 2 is 1.83 bits per heavy atom. The number of carbonyl (C=O) groups is 2. The summed E-state index contributed by atoms with van der Waals surface area (Å²) in [5.74, 6) is 0.0209. The van der Waals surface area contributed by atoms with Crippen molar-refractivity contribution < 1.29 is 9.59 Å². The molecular formula is C23H25N5O2. The first-order valence-electron chi connectivity index (χ1n) is 10.5. The van der Waals surface area contributed by atoms with Crippen molar-refractivity contribution in [1.82, 2.24) is 24.9 Å². The normalized spacial score (nSPS) is 22.9. The maximum absolute atomic E-state index is 13.0. The van der Waals surface area contributed by atoms with E-state index in [0.29, 0.717) is 13.1 Å². The van der Waals surface area contributed by atoms with E-state index in [0.717, 1.165) is 36.0 Å². The van der Waals surface area contributed by atoms with E-state index in [2.05, 4.69) is 15.3 Å². The van der Waals surface area contributed by atoms with Crippen LogP contribution < -0.4 is 5.32 Å². The maximum Gasteiger partial charge on any atom is 0.254 e. The van der Waals surface area contributed by atoms with Crippen molar-refractivity contribution in [3.8, 4) is 0 Å². The number of aromatic nitrogens is 2. The van der Waals surface area contributed by atoms with Crippen molar-refractivity contribution >= 4 is 22.7 Å². The summed E-state index contributed by atoms with van der Waals surface area (Å²) in [6.07, 6.45) is 2.77. The van der Waals surface area contributed by atoms with Gasteiger partial charge in [-0.1, -0.05) is 36.4 Å². The van der Waals surface area contributed by atoms with Gasteiger partial charge in [-0.25, -0.2) is 0 Å².